The van der Waals surface area contributed by atoms with Gasteiger partial charge in [-0.1, -0.05) is 94.7 Å². The molecule has 0 bridgehead atoms. The maximum atomic E-state index is 14.9. The molecule has 2 nitrogen and oxygen atoms in total. The number of nitrogens with zero attached hydrogens (tertiary/aromatic N) is 1. The molecule has 0 amide bonds. The fourth-order valence-corrected chi connectivity index (χ4v) is 4.98. The summed E-state index contributed by atoms with van der Waals surface area (Å²) < 4.78 is 20.8. The van der Waals surface area contributed by atoms with E-state index in [1.165, 1.54) is 69.8 Å². The molecule has 1 aliphatic carbocycles. The van der Waals surface area contributed by atoms with Gasteiger partial charge in [0.1, 0.15) is 5.75 Å². The van der Waals surface area contributed by atoms with Crippen molar-refractivity contribution in [2.75, 3.05) is 6.61 Å². The summed E-state index contributed by atoms with van der Waals surface area (Å²) in [5.41, 5.74) is 4.37. The van der Waals surface area contributed by atoms with Gasteiger partial charge in [0.2, 0.25) is 5.95 Å². The summed E-state index contributed by atoms with van der Waals surface area (Å²) in [6.45, 7) is 2.97. The monoisotopic (exact) mass is 459 g/mol. The first kappa shape index (κ1) is 24.4. The summed E-state index contributed by atoms with van der Waals surface area (Å²) in [5, 5.41) is 0. The van der Waals surface area contributed by atoms with Crippen molar-refractivity contribution in [3.63, 3.8) is 0 Å². The number of unbranched alkanes of at least 4 members (excludes halogenated alkanes) is 5. The van der Waals surface area contributed by atoms with E-state index in [0.717, 1.165) is 29.9 Å². The zero-order valence-corrected chi connectivity index (χ0v) is 20.6. The van der Waals surface area contributed by atoms with E-state index >= 15 is 0 Å². The molecular formula is C31H38FNO. The minimum absolute atomic E-state index is 0.436. The van der Waals surface area contributed by atoms with Crippen molar-refractivity contribution in [3.05, 3.63) is 72.2 Å². The number of rotatable bonds is 11. The Bertz CT molecular complexity index is 1010. The molecule has 1 aromatic heterocycles. The lowest BCUT2D eigenvalue weighted by atomic mass is 9.84. The first-order valence-electron chi connectivity index (χ1n) is 13.2. The molecule has 2 aromatic carbocycles. The highest BCUT2D eigenvalue weighted by atomic mass is 19.1. The molecule has 34 heavy (non-hydrogen) atoms. The second-order valence-corrected chi connectivity index (χ2v) is 9.63. The molecule has 0 saturated heterocycles. The average Bonchev–Trinajstić information content (AvgIpc) is 2.89. The minimum atomic E-state index is -0.436. The van der Waals surface area contributed by atoms with E-state index in [9.17, 15) is 4.39 Å². The van der Waals surface area contributed by atoms with Gasteiger partial charge in [0.05, 0.1) is 12.3 Å². The third-order valence-corrected chi connectivity index (χ3v) is 7.06. The van der Waals surface area contributed by atoms with Crippen LogP contribution in [0.4, 0.5) is 4.39 Å². The van der Waals surface area contributed by atoms with Gasteiger partial charge in [0.15, 0.2) is 0 Å². The Hall–Kier alpha value is -2.68. The standard InChI is InChI=1S/C31H38FNO/c1-2-3-4-5-6-10-23-34-28-19-17-26(18-20-28)29-21-22-30(33-31(29)32)27-15-13-25(14-16-27)24-11-8-7-9-12-24/h13-22,24H,2-12,23H2,1H3. The second kappa shape index (κ2) is 12.7. The Balaban J connectivity index is 1.33. The molecule has 0 spiro atoms. The summed E-state index contributed by atoms with van der Waals surface area (Å²) in [6, 6.07) is 20.0. The summed E-state index contributed by atoms with van der Waals surface area (Å²) in [4.78, 5) is 4.28. The van der Waals surface area contributed by atoms with E-state index in [-0.39, 0.29) is 0 Å². The Kier molecular flexibility index (Phi) is 9.12. The summed E-state index contributed by atoms with van der Waals surface area (Å²) in [5.74, 6) is 1.07. The first-order chi connectivity index (χ1) is 16.7. The zero-order valence-electron chi connectivity index (χ0n) is 20.6. The van der Waals surface area contributed by atoms with Crippen LogP contribution >= 0.6 is 0 Å². The van der Waals surface area contributed by atoms with E-state index in [0.29, 0.717) is 17.2 Å². The van der Waals surface area contributed by atoms with Crippen molar-refractivity contribution in [2.24, 2.45) is 0 Å². The topological polar surface area (TPSA) is 22.1 Å². The van der Waals surface area contributed by atoms with Gasteiger partial charge in [-0.3, -0.25) is 0 Å². The molecule has 1 saturated carbocycles. The van der Waals surface area contributed by atoms with E-state index in [1.807, 2.05) is 36.4 Å². The van der Waals surface area contributed by atoms with Gasteiger partial charge >= 0.3 is 0 Å². The maximum Gasteiger partial charge on any atom is 0.221 e. The highest BCUT2D eigenvalue weighted by molar-refractivity contribution is 5.68. The van der Waals surface area contributed by atoms with Gasteiger partial charge in [-0.2, -0.15) is 4.39 Å². The molecule has 3 aromatic rings. The third-order valence-electron chi connectivity index (χ3n) is 7.06. The van der Waals surface area contributed by atoms with Crippen molar-refractivity contribution < 1.29 is 9.13 Å². The fourth-order valence-electron chi connectivity index (χ4n) is 4.98. The van der Waals surface area contributed by atoms with Crippen LogP contribution in [0.3, 0.4) is 0 Å². The number of halogens is 1. The van der Waals surface area contributed by atoms with Crippen molar-refractivity contribution >= 4 is 0 Å². The predicted octanol–water partition coefficient (Wildman–Crippen LogP) is 9.34. The first-order valence-corrected chi connectivity index (χ1v) is 13.2. The lowest BCUT2D eigenvalue weighted by Crippen LogP contribution is -2.04. The quantitative estimate of drug-likeness (QED) is 0.210. The number of hydrogen-bond donors (Lipinski definition) is 0. The number of benzene rings is 2. The molecule has 0 radical (unpaired) electrons. The number of aromatic nitrogens is 1. The molecule has 1 fully saturated rings. The Morgan fingerprint density at radius 3 is 2.15 bits per heavy atom. The Labute approximate surface area is 204 Å². The number of ether oxygens (including phenoxy) is 1. The number of hydrogen-bond acceptors (Lipinski definition) is 2. The van der Waals surface area contributed by atoms with E-state index in [4.69, 9.17) is 4.74 Å². The molecule has 0 atom stereocenters. The molecule has 3 heteroatoms. The Morgan fingerprint density at radius 2 is 1.44 bits per heavy atom. The van der Waals surface area contributed by atoms with Crippen molar-refractivity contribution in [2.45, 2.75) is 83.5 Å². The second-order valence-electron chi connectivity index (χ2n) is 9.63. The van der Waals surface area contributed by atoms with Crippen molar-refractivity contribution in [1.29, 1.82) is 0 Å². The summed E-state index contributed by atoms with van der Waals surface area (Å²) in [6.07, 6.45) is 14.1. The van der Waals surface area contributed by atoms with E-state index in [2.05, 4.69) is 36.2 Å². The zero-order chi connectivity index (χ0) is 23.6. The molecule has 1 aliphatic rings. The van der Waals surface area contributed by atoms with Crippen LogP contribution in [0.1, 0.15) is 89.0 Å². The minimum Gasteiger partial charge on any atom is -0.494 e. The smallest absolute Gasteiger partial charge is 0.221 e. The van der Waals surface area contributed by atoms with Crippen LogP contribution in [0.5, 0.6) is 5.75 Å². The highest BCUT2D eigenvalue weighted by Gasteiger charge is 2.16. The molecule has 1 heterocycles. The van der Waals surface area contributed by atoms with Crippen LogP contribution in [-0.2, 0) is 0 Å². The highest BCUT2D eigenvalue weighted by Crippen LogP contribution is 2.34. The van der Waals surface area contributed by atoms with Crippen LogP contribution in [0, 0.1) is 5.95 Å². The van der Waals surface area contributed by atoms with Gasteiger partial charge in [-0.25, -0.2) is 4.98 Å². The molecule has 180 valence electrons. The van der Waals surface area contributed by atoms with Crippen LogP contribution in [0.25, 0.3) is 22.4 Å². The summed E-state index contributed by atoms with van der Waals surface area (Å²) in [7, 11) is 0. The predicted molar refractivity (Wildman–Crippen MR) is 140 cm³/mol. The molecule has 0 unspecified atom stereocenters. The lowest BCUT2D eigenvalue weighted by molar-refractivity contribution is 0.304. The van der Waals surface area contributed by atoms with Crippen LogP contribution in [0.2, 0.25) is 0 Å². The van der Waals surface area contributed by atoms with Gasteiger partial charge < -0.3 is 4.74 Å². The molecule has 0 aliphatic heterocycles. The van der Waals surface area contributed by atoms with Crippen molar-refractivity contribution in [1.82, 2.24) is 4.98 Å². The van der Waals surface area contributed by atoms with Crippen LogP contribution in [-0.4, -0.2) is 11.6 Å². The van der Waals surface area contributed by atoms with Gasteiger partial charge in [0.25, 0.3) is 0 Å². The normalized spacial score (nSPS) is 14.3. The van der Waals surface area contributed by atoms with Gasteiger partial charge in [-0.15, -0.1) is 0 Å². The van der Waals surface area contributed by atoms with Gasteiger partial charge in [-0.05, 0) is 60.6 Å². The van der Waals surface area contributed by atoms with Crippen LogP contribution in [0.15, 0.2) is 60.7 Å². The average molecular weight is 460 g/mol. The van der Waals surface area contributed by atoms with Crippen LogP contribution < -0.4 is 4.74 Å². The summed E-state index contributed by atoms with van der Waals surface area (Å²) >= 11 is 0. The number of pyridine rings is 1. The Morgan fingerprint density at radius 1 is 0.765 bits per heavy atom. The largest absolute Gasteiger partial charge is 0.494 e. The van der Waals surface area contributed by atoms with Crippen molar-refractivity contribution in [3.8, 4) is 28.1 Å². The SMILES string of the molecule is CCCCCCCCOc1ccc(-c2ccc(-c3ccc(C4CCCCC4)cc3)nc2F)cc1. The molecule has 4 rings (SSSR count). The van der Waals surface area contributed by atoms with E-state index in [1.54, 1.807) is 0 Å². The van der Waals surface area contributed by atoms with E-state index < -0.39 is 5.95 Å². The van der Waals surface area contributed by atoms with Gasteiger partial charge in [0, 0.05) is 11.1 Å². The fraction of sp³-hybridized carbons (Fsp3) is 0.452. The maximum absolute atomic E-state index is 14.9. The third kappa shape index (κ3) is 6.68. The molecular weight excluding hydrogens is 421 g/mol. The molecule has 0 N–H and O–H groups in total. The lowest BCUT2D eigenvalue weighted by Gasteiger charge is -2.22.